The van der Waals surface area contributed by atoms with Gasteiger partial charge in [0.2, 0.25) is 0 Å². The van der Waals surface area contributed by atoms with Crippen molar-refractivity contribution >= 4 is 5.97 Å². The lowest BCUT2D eigenvalue weighted by Crippen LogP contribution is -2.42. The number of carbonyl (C=O) groups excluding carboxylic acids is 1. The van der Waals surface area contributed by atoms with E-state index >= 15 is 0 Å². The van der Waals surface area contributed by atoms with E-state index in [9.17, 15) is 4.79 Å². The van der Waals surface area contributed by atoms with Crippen molar-refractivity contribution in [3.8, 4) is 0 Å². The highest BCUT2D eigenvalue weighted by Gasteiger charge is 2.34. The van der Waals surface area contributed by atoms with Crippen molar-refractivity contribution in [3.05, 3.63) is 35.4 Å². The first kappa shape index (κ1) is 9.21. The lowest BCUT2D eigenvalue weighted by Gasteiger charge is -2.33. The van der Waals surface area contributed by atoms with Gasteiger partial charge in [-0.1, -0.05) is 24.3 Å². The number of methoxy groups -OCH3 is 1. The predicted molar refractivity (Wildman–Crippen MR) is 52.9 cm³/mol. The molecule has 0 aliphatic heterocycles. The summed E-state index contributed by atoms with van der Waals surface area (Å²) in [6.45, 7) is 0. The van der Waals surface area contributed by atoms with Crippen LogP contribution >= 0.6 is 0 Å². The van der Waals surface area contributed by atoms with Crippen LogP contribution in [-0.2, 0) is 16.0 Å². The standard InChI is InChI=1S/C11H13NO2/c1-14-11(13)10(12)9-6-7-4-2-3-5-8(7)9/h2-5,9-10H,6,12H2,1H3/t9-,10-/m0/s1. The van der Waals surface area contributed by atoms with Gasteiger partial charge in [-0.15, -0.1) is 0 Å². The Hall–Kier alpha value is -1.35. The number of benzene rings is 1. The van der Waals surface area contributed by atoms with Crippen molar-refractivity contribution in [1.82, 2.24) is 0 Å². The molecule has 0 radical (unpaired) electrons. The average molecular weight is 191 g/mol. The van der Waals surface area contributed by atoms with Crippen LogP contribution in [0.3, 0.4) is 0 Å². The molecule has 1 aromatic rings. The largest absolute Gasteiger partial charge is 0.468 e. The molecule has 1 aliphatic rings. The van der Waals surface area contributed by atoms with Crippen molar-refractivity contribution in [2.75, 3.05) is 7.11 Å². The molecule has 0 spiro atoms. The molecule has 0 saturated heterocycles. The SMILES string of the molecule is COC(=O)[C@@H](N)[C@H]1Cc2ccccc21. The highest BCUT2D eigenvalue weighted by atomic mass is 16.5. The summed E-state index contributed by atoms with van der Waals surface area (Å²) < 4.78 is 4.62. The van der Waals surface area contributed by atoms with Gasteiger partial charge in [0.15, 0.2) is 0 Å². The molecule has 0 aromatic heterocycles. The maximum atomic E-state index is 11.2. The Labute approximate surface area is 82.9 Å². The molecular formula is C11H13NO2. The fourth-order valence-electron chi connectivity index (χ4n) is 1.92. The van der Waals surface area contributed by atoms with Crippen LogP contribution in [0.25, 0.3) is 0 Å². The monoisotopic (exact) mass is 191 g/mol. The Kier molecular flexibility index (Phi) is 2.25. The maximum Gasteiger partial charge on any atom is 0.323 e. The van der Waals surface area contributed by atoms with Crippen molar-refractivity contribution < 1.29 is 9.53 Å². The minimum atomic E-state index is -0.519. The minimum absolute atomic E-state index is 0.138. The Balaban J connectivity index is 2.15. The fourth-order valence-corrected chi connectivity index (χ4v) is 1.92. The molecule has 0 saturated carbocycles. The van der Waals surface area contributed by atoms with Crippen LogP contribution in [0.15, 0.2) is 24.3 Å². The topological polar surface area (TPSA) is 52.3 Å². The van der Waals surface area contributed by atoms with Crippen LogP contribution in [0.5, 0.6) is 0 Å². The van der Waals surface area contributed by atoms with E-state index < -0.39 is 6.04 Å². The Morgan fingerprint density at radius 1 is 1.57 bits per heavy atom. The molecule has 0 fully saturated rings. The Morgan fingerprint density at radius 2 is 2.29 bits per heavy atom. The third-order valence-corrected chi connectivity index (χ3v) is 2.80. The van der Waals surface area contributed by atoms with E-state index in [1.807, 2.05) is 18.2 Å². The van der Waals surface area contributed by atoms with Gasteiger partial charge in [-0.25, -0.2) is 0 Å². The van der Waals surface area contributed by atoms with Gasteiger partial charge in [0.05, 0.1) is 7.11 Å². The van der Waals surface area contributed by atoms with E-state index in [1.165, 1.54) is 18.2 Å². The first-order valence-corrected chi connectivity index (χ1v) is 4.65. The first-order valence-electron chi connectivity index (χ1n) is 4.65. The molecule has 0 amide bonds. The van der Waals surface area contributed by atoms with Crippen LogP contribution in [-0.4, -0.2) is 19.1 Å². The summed E-state index contributed by atoms with van der Waals surface area (Å²) in [7, 11) is 1.37. The summed E-state index contributed by atoms with van der Waals surface area (Å²) in [6.07, 6.45) is 0.881. The Bertz CT molecular complexity index is 362. The maximum absolute atomic E-state index is 11.2. The van der Waals surface area contributed by atoms with E-state index in [0.29, 0.717) is 0 Å². The van der Waals surface area contributed by atoms with Gasteiger partial charge in [0, 0.05) is 5.92 Å². The second kappa shape index (κ2) is 3.42. The van der Waals surface area contributed by atoms with Crippen molar-refractivity contribution in [3.63, 3.8) is 0 Å². The summed E-state index contributed by atoms with van der Waals surface area (Å²) in [5.41, 5.74) is 8.25. The molecule has 0 unspecified atom stereocenters. The average Bonchev–Trinajstić information content (AvgIpc) is 2.18. The first-order chi connectivity index (χ1) is 6.74. The van der Waals surface area contributed by atoms with Crippen molar-refractivity contribution in [2.45, 2.75) is 18.4 Å². The molecule has 3 heteroatoms. The number of hydrogen-bond donors (Lipinski definition) is 1. The second-order valence-corrected chi connectivity index (χ2v) is 3.56. The number of hydrogen-bond acceptors (Lipinski definition) is 3. The van der Waals surface area contributed by atoms with E-state index in [0.717, 1.165) is 6.42 Å². The summed E-state index contributed by atoms with van der Waals surface area (Å²) in [5.74, 6) is -0.192. The van der Waals surface area contributed by atoms with Gasteiger partial charge in [-0.05, 0) is 17.5 Å². The lowest BCUT2D eigenvalue weighted by molar-refractivity contribution is -0.142. The highest BCUT2D eigenvalue weighted by molar-refractivity contribution is 5.77. The van der Waals surface area contributed by atoms with Crippen LogP contribution in [0.2, 0.25) is 0 Å². The van der Waals surface area contributed by atoms with E-state index in [4.69, 9.17) is 5.73 Å². The van der Waals surface area contributed by atoms with Crippen LogP contribution < -0.4 is 5.73 Å². The van der Waals surface area contributed by atoms with Crippen LogP contribution in [0.1, 0.15) is 17.0 Å². The predicted octanol–water partition coefficient (Wildman–Crippen LogP) is 0.827. The van der Waals surface area contributed by atoms with E-state index in [2.05, 4.69) is 10.8 Å². The smallest absolute Gasteiger partial charge is 0.323 e. The van der Waals surface area contributed by atoms with Crippen LogP contribution in [0.4, 0.5) is 0 Å². The summed E-state index contributed by atoms with van der Waals surface area (Å²) in [5, 5.41) is 0. The van der Waals surface area contributed by atoms with E-state index in [1.54, 1.807) is 0 Å². The van der Waals surface area contributed by atoms with E-state index in [-0.39, 0.29) is 11.9 Å². The number of esters is 1. The van der Waals surface area contributed by atoms with Gasteiger partial charge in [0.1, 0.15) is 6.04 Å². The zero-order valence-electron chi connectivity index (χ0n) is 8.07. The normalized spacial score (nSPS) is 20.6. The number of carbonyl (C=O) groups is 1. The molecule has 0 heterocycles. The summed E-state index contributed by atoms with van der Waals surface area (Å²) in [4.78, 5) is 11.2. The lowest BCUT2D eigenvalue weighted by atomic mass is 9.74. The molecule has 74 valence electrons. The van der Waals surface area contributed by atoms with Crippen molar-refractivity contribution in [1.29, 1.82) is 0 Å². The zero-order chi connectivity index (χ0) is 10.1. The molecular weight excluding hydrogens is 178 g/mol. The third kappa shape index (κ3) is 1.30. The minimum Gasteiger partial charge on any atom is -0.468 e. The number of nitrogens with two attached hydrogens (primary N) is 1. The molecule has 0 bridgehead atoms. The van der Waals surface area contributed by atoms with Gasteiger partial charge in [-0.3, -0.25) is 4.79 Å². The molecule has 2 N–H and O–H groups in total. The van der Waals surface area contributed by atoms with Crippen LogP contribution in [0, 0.1) is 0 Å². The summed E-state index contributed by atoms with van der Waals surface area (Å²) >= 11 is 0. The number of fused-ring (bicyclic) bond motifs is 1. The molecule has 1 aromatic carbocycles. The summed E-state index contributed by atoms with van der Waals surface area (Å²) in [6, 6.07) is 7.53. The molecule has 3 nitrogen and oxygen atoms in total. The van der Waals surface area contributed by atoms with Crippen molar-refractivity contribution in [2.24, 2.45) is 5.73 Å². The highest BCUT2D eigenvalue weighted by Crippen LogP contribution is 2.36. The van der Waals surface area contributed by atoms with Gasteiger partial charge in [0.25, 0.3) is 0 Å². The number of rotatable bonds is 2. The van der Waals surface area contributed by atoms with Gasteiger partial charge in [-0.2, -0.15) is 0 Å². The quantitative estimate of drug-likeness (QED) is 0.704. The molecule has 14 heavy (non-hydrogen) atoms. The number of ether oxygens (including phenoxy) is 1. The fraction of sp³-hybridized carbons (Fsp3) is 0.364. The van der Waals surface area contributed by atoms with Gasteiger partial charge >= 0.3 is 5.97 Å². The third-order valence-electron chi connectivity index (χ3n) is 2.80. The second-order valence-electron chi connectivity index (χ2n) is 3.56. The molecule has 2 rings (SSSR count). The molecule has 2 atom stereocenters. The zero-order valence-corrected chi connectivity index (χ0v) is 8.07. The molecule has 1 aliphatic carbocycles. The van der Waals surface area contributed by atoms with Gasteiger partial charge < -0.3 is 10.5 Å². The Morgan fingerprint density at radius 3 is 2.93 bits per heavy atom.